The molecule has 0 bridgehead atoms. The molecule has 0 aromatic rings. The molecule has 11 heavy (non-hydrogen) atoms. The Morgan fingerprint density at radius 1 is 1.55 bits per heavy atom. The van der Waals surface area contributed by atoms with Gasteiger partial charge in [-0.1, -0.05) is 0 Å². The molecule has 0 amide bonds. The zero-order chi connectivity index (χ0) is 8.27. The summed E-state index contributed by atoms with van der Waals surface area (Å²) in [6.07, 6.45) is 3.07. The summed E-state index contributed by atoms with van der Waals surface area (Å²) in [5.74, 6) is 0. The fourth-order valence-electron chi connectivity index (χ4n) is 1.38. The Kier molecular flexibility index (Phi) is 2.51. The molecule has 5 nitrogen and oxygen atoms in total. The third kappa shape index (κ3) is 1.72. The highest BCUT2D eigenvalue weighted by atomic mass is 16.6. The molecule has 1 aliphatic heterocycles. The maximum Gasteiger partial charge on any atom is 0.0848 e. The van der Waals surface area contributed by atoms with Crippen molar-refractivity contribution in [3.05, 3.63) is 10.4 Å². The van der Waals surface area contributed by atoms with E-state index in [1.807, 2.05) is 6.92 Å². The highest BCUT2D eigenvalue weighted by Gasteiger charge is 2.23. The number of piperidine rings is 1. The Hall–Kier alpha value is -1.00. The number of hydrazine groups is 1. The minimum atomic E-state index is 0.152. The van der Waals surface area contributed by atoms with Gasteiger partial charge in [0.2, 0.25) is 0 Å². The minimum absolute atomic E-state index is 0.152. The lowest BCUT2D eigenvalue weighted by molar-refractivity contribution is -0.700. The van der Waals surface area contributed by atoms with Crippen LogP contribution < -0.4 is 0 Å². The molecule has 0 spiro atoms. The minimum Gasteiger partial charge on any atom is -0.737 e. The largest absolute Gasteiger partial charge is 0.737 e. The zero-order valence-electron chi connectivity index (χ0n) is 6.56. The van der Waals surface area contributed by atoms with Gasteiger partial charge in [0.05, 0.1) is 12.6 Å². The van der Waals surface area contributed by atoms with Crippen molar-refractivity contribution in [2.75, 3.05) is 6.54 Å². The molecule has 0 aromatic heterocycles. The van der Waals surface area contributed by atoms with E-state index >= 15 is 0 Å². The van der Waals surface area contributed by atoms with Gasteiger partial charge in [0.25, 0.3) is 0 Å². The molecule has 5 heteroatoms. The molecule has 0 saturated carbocycles. The van der Waals surface area contributed by atoms with E-state index in [4.69, 9.17) is 0 Å². The number of hydrogen-bond acceptors (Lipinski definition) is 3. The zero-order valence-corrected chi connectivity index (χ0v) is 6.56. The summed E-state index contributed by atoms with van der Waals surface area (Å²) >= 11 is 0. The van der Waals surface area contributed by atoms with E-state index < -0.39 is 0 Å². The quantitative estimate of drug-likeness (QED) is 0.327. The molecule has 1 rings (SSSR count). The van der Waals surface area contributed by atoms with Gasteiger partial charge in [-0.15, -0.1) is 5.01 Å². The van der Waals surface area contributed by atoms with Crippen molar-refractivity contribution in [1.82, 2.24) is 5.01 Å². The fraction of sp³-hybridized carbons (Fsp3) is 1.00. The summed E-state index contributed by atoms with van der Waals surface area (Å²) in [6.45, 7) is 2.58. The van der Waals surface area contributed by atoms with Crippen molar-refractivity contribution >= 4 is 0 Å². The van der Waals surface area contributed by atoms with Gasteiger partial charge in [0, 0.05) is 4.97 Å². The van der Waals surface area contributed by atoms with Crippen LogP contribution in [0, 0.1) is 10.4 Å². The number of rotatable bonds is 1. The van der Waals surface area contributed by atoms with E-state index in [0.29, 0.717) is 6.54 Å². The van der Waals surface area contributed by atoms with Crippen molar-refractivity contribution in [3.8, 4) is 0 Å². The summed E-state index contributed by atoms with van der Waals surface area (Å²) in [6, 6.07) is 0.152. The van der Waals surface area contributed by atoms with Crippen LogP contribution in [-0.2, 0) is 0 Å². The van der Waals surface area contributed by atoms with Crippen LogP contribution in [0.1, 0.15) is 26.2 Å². The Morgan fingerprint density at radius 2 is 2.27 bits per heavy atom. The average Bonchev–Trinajstić information content (AvgIpc) is 2.04. The molecule has 0 aliphatic carbocycles. The van der Waals surface area contributed by atoms with Gasteiger partial charge >= 0.3 is 0 Å². The topological polar surface area (TPSA) is 64.7 Å². The Morgan fingerprint density at radius 3 is 2.82 bits per heavy atom. The highest BCUT2D eigenvalue weighted by Crippen LogP contribution is 2.15. The first kappa shape index (κ1) is 8.10. The third-order valence-electron chi connectivity index (χ3n) is 2.06. The van der Waals surface area contributed by atoms with Crippen molar-refractivity contribution in [3.63, 3.8) is 0 Å². The van der Waals surface area contributed by atoms with E-state index in [9.17, 15) is 10.4 Å². The fourth-order valence-corrected chi connectivity index (χ4v) is 1.38. The molecule has 64 valence electrons. The van der Waals surface area contributed by atoms with Crippen LogP contribution in [0.2, 0.25) is 0 Å². The predicted molar refractivity (Wildman–Crippen MR) is 39.4 cm³/mol. The van der Waals surface area contributed by atoms with Crippen LogP contribution in [0.25, 0.3) is 0 Å². The first-order valence-electron chi connectivity index (χ1n) is 3.83. The van der Waals surface area contributed by atoms with Crippen molar-refractivity contribution in [2.24, 2.45) is 5.28 Å². The van der Waals surface area contributed by atoms with E-state index in [1.165, 1.54) is 5.01 Å². The summed E-state index contributed by atoms with van der Waals surface area (Å²) in [7, 11) is 0. The number of hydrogen-bond donors (Lipinski definition) is 0. The van der Waals surface area contributed by atoms with Gasteiger partial charge in [0.15, 0.2) is 0 Å². The Bertz CT molecular complexity index is 160. The average molecular weight is 158 g/mol. The first-order valence-corrected chi connectivity index (χ1v) is 3.83. The van der Waals surface area contributed by atoms with Gasteiger partial charge in [-0.2, -0.15) is 0 Å². The van der Waals surface area contributed by atoms with Crippen molar-refractivity contribution < 1.29 is 4.97 Å². The summed E-state index contributed by atoms with van der Waals surface area (Å²) < 4.78 is 0. The van der Waals surface area contributed by atoms with Crippen LogP contribution >= 0.6 is 0 Å². The lowest BCUT2D eigenvalue weighted by atomic mass is 10.1. The Labute approximate surface area is 65.4 Å². The molecule has 1 saturated heterocycles. The molecule has 1 heterocycles. The van der Waals surface area contributed by atoms with Crippen LogP contribution in [0.4, 0.5) is 0 Å². The summed E-state index contributed by atoms with van der Waals surface area (Å²) in [5, 5.41) is 24.4. The van der Waals surface area contributed by atoms with Gasteiger partial charge in [-0.25, -0.2) is 0 Å². The summed E-state index contributed by atoms with van der Waals surface area (Å²) in [4.78, 5) is 0.157. The molecule has 1 fully saturated rings. The lowest BCUT2D eigenvalue weighted by Crippen LogP contribution is -2.41. The lowest BCUT2D eigenvalue weighted by Gasteiger charge is -2.29. The van der Waals surface area contributed by atoms with Gasteiger partial charge in [-0.05, 0) is 31.5 Å². The molecule has 1 atom stereocenters. The molecule has 0 radical (unpaired) electrons. The first-order chi connectivity index (χ1) is 5.25. The monoisotopic (exact) mass is 158 g/mol. The molecule has 0 N–H and O–H groups in total. The van der Waals surface area contributed by atoms with Gasteiger partial charge in [0.1, 0.15) is 0 Å². The second kappa shape index (κ2) is 3.41. The SMILES string of the molecule is CC1CCCCN1/[N+]([O-])=N/[O-]. The van der Waals surface area contributed by atoms with E-state index in [-0.39, 0.29) is 11.0 Å². The smallest absolute Gasteiger partial charge is 0.0848 e. The Balaban J connectivity index is 2.54. The molecule has 1 unspecified atom stereocenters. The predicted octanol–water partition coefficient (Wildman–Crippen LogP) is 1.24. The van der Waals surface area contributed by atoms with Gasteiger partial charge in [-0.3, -0.25) is 0 Å². The van der Waals surface area contributed by atoms with Crippen LogP contribution in [0.15, 0.2) is 5.28 Å². The highest BCUT2D eigenvalue weighted by molar-refractivity contribution is 4.65. The van der Waals surface area contributed by atoms with E-state index in [1.54, 1.807) is 0 Å². The molecular formula is C6H12N3O2-. The maximum atomic E-state index is 10.7. The number of nitrogens with zero attached hydrogens (tertiary/aromatic N) is 3. The van der Waals surface area contributed by atoms with Crippen LogP contribution in [-0.4, -0.2) is 22.6 Å². The third-order valence-corrected chi connectivity index (χ3v) is 2.06. The van der Waals surface area contributed by atoms with Crippen molar-refractivity contribution in [2.45, 2.75) is 32.2 Å². The van der Waals surface area contributed by atoms with E-state index in [2.05, 4.69) is 5.28 Å². The second-order valence-electron chi connectivity index (χ2n) is 2.84. The maximum absolute atomic E-state index is 10.7. The van der Waals surface area contributed by atoms with Crippen molar-refractivity contribution in [1.29, 1.82) is 0 Å². The molecule has 0 aromatic carbocycles. The van der Waals surface area contributed by atoms with E-state index in [0.717, 1.165) is 19.3 Å². The molecular weight excluding hydrogens is 146 g/mol. The van der Waals surface area contributed by atoms with Gasteiger partial charge < -0.3 is 10.4 Å². The second-order valence-corrected chi connectivity index (χ2v) is 2.84. The standard InChI is InChI=1S/C6H13N3O2/c1-6-4-2-3-5-8(6)9(11)7-10/h6,10H,2-5H2,1H3/p-1/b9-7-. The summed E-state index contributed by atoms with van der Waals surface area (Å²) in [5.41, 5.74) is 0. The van der Waals surface area contributed by atoms with Crippen LogP contribution in [0.3, 0.4) is 0 Å². The molecule has 1 aliphatic rings. The normalized spacial score (nSPS) is 27.2. The van der Waals surface area contributed by atoms with Crippen LogP contribution in [0.5, 0.6) is 0 Å².